The highest BCUT2D eigenvalue weighted by Gasteiger charge is 2.49. The zero-order valence-corrected chi connectivity index (χ0v) is 22.5. The molecule has 37 heavy (non-hydrogen) atoms. The van der Waals surface area contributed by atoms with Crippen molar-refractivity contribution in [1.82, 2.24) is 4.90 Å². The smallest absolute Gasteiger partial charge is 0.341 e. The van der Waals surface area contributed by atoms with Crippen molar-refractivity contribution in [1.29, 1.82) is 0 Å². The summed E-state index contributed by atoms with van der Waals surface area (Å²) in [5.74, 6) is 2.31. The summed E-state index contributed by atoms with van der Waals surface area (Å²) in [5, 5.41) is 0. The standard InChI is InChI=1S/C26H32N2O8.ClH/c1-6-31-23-17-16(18(27)24(32-7-2)25(23)33-8-3)26(29)36-21(17)19-15-13(9-10-28(19)4)11-14-20(22(15)30-5)35-12-34-14;/h11,19,21H,6-10,12,27H2,1-5H3;1H. The first-order chi connectivity index (χ1) is 17.5. The van der Waals surface area contributed by atoms with E-state index in [-0.39, 0.29) is 36.2 Å². The normalized spacial score (nSPS) is 19.4. The van der Waals surface area contributed by atoms with E-state index in [1.54, 1.807) is 7.11 Å². The van der Waals surface area contributed by atoms with E-state index >= 15 is 0 Å². The summed E-state index contributed by atoms with van der Waals surface area (Å²) in [6, 6.07) is 1.59. The van der Waals surface area contributed by atoms with Crippen LogP contribution in [0.15, 0.2) is 6.07 Å². The van der Waals surface area contributed by atoms with Crippen molar-refractivity contribution in [2.45, 2.75) is 39.3 Å². The Hall–Kier alpha value is -3.24. The van der Waals surface area contributed by atoms with Crippen LogP contribution in [0.3, 0.4) is 0 Å². The van der Waals surface area contributed by atoms with Crippen LogP contribution in [-0.4, -0.2) is 58.2 Å². The van der Waals surface area contributed by atoms with Crippen LogP contribution in [0.2, 0.25) is 0 Å². The number of carbonyl (C=O) groups excluding carboxylic acids is 1. The number of fused-ring (bicyclic) bond motifs is 3. The second-order valence-electron chi connectivity index (χ2n) is 8.71. The Bertz CT molecular complexity index is 1200. The second kappa shape index (κ2) is 10.6. The zero-order chi connectivity index (χ0) is 25.6. The van der Waals surface area contributed by atoms with E-state index in [9.17, 15) is 4.79 Å². The number of methoxy groups -OCH3 is 1. The molecule has 0 bridgehead atoms. The molecular weight excluding hydrogens is 504 g/mol. The predicted octanol–water partition coefficient (Wildman–Crippen LogP) is 4.06. The summed E-state index contributed by atoms with van der Waals surface area (Å²) in [4.78, 5) is 15.5. The third kappa shape index (κ3) is 4.12. The number of anilines is 1. The van der Waals surface area contributed by atoms with Gasteiger partial charge < -0.3 is 38.9 Å². The fourth-order valence-electron chi connectivity index (χ4n) is 5.37. The van der Waals surface area contributed by atoms with Gasteiger partial charge in [-0.2, -0.15) is 0 Å². The van der Waals surface area contributed by atoms with Crippen LogP contribution in [0.4, 0.5) is 5.69 Å². The molecule has 11 heteroatoms. The molecule has 0 aromatic heterocycles. The summed E-state index contributed by atoms with van der Waals surface area (Å²) < 4.78 is 41.2. The maximum Gasteiger partial charge on any atom is 0.341 e. The molecule has 0 aliphatic carbocycles. The Morgan fingerprint density at radius 1 is 1.00 bits per heavy atom. The largest absolute Gasteiger partial charge is 0.492 e. The van der Waals surface area contributed by atoms with E-state index in [1.807, 2.05) is 33.9 Å². The van der Waals surface area contributed by atoms with Crippen molar-refractivity contribution in [3.63, 3.8) is 0 Å². The van der Waals surface area contributed by atoms with Crippen LogP contribution in [0.1, 0.15) is 60.0 Å². The summed E-state index contributed by atoms with van der Waals surface area (Å²) in [6.07, 6.45) is 0.0427. The van der Waals surface area contributed by atoms with Gasteiger partial charge in [0.2, 0.25) is 18.3 Å². The monoisotopic (exact) mass is 536 g/mol. The molecule has 2 aromatic carbocycles. The SMILES string of the molecule is CCOc1c(N)c2c(c(OCC)c1OCC)C(C1c3c(cc4c(c3OC)OCO4)CCN1C)OC2=O.Cl. The minimum absolute atomic E-state index is 0. The van der Waals surface area contributed by atoms with Crippen molar-refractivity contribution in [3.05, 3.63) is 28.3 Å². The first-order valence-corrected chi connectivity index (χ1v) is 12.2. The number of esters is 1. The van der Waals surface area contributed by atoms with Gasteiger partial charge in [-0.05, 0) is 45.9 Å². The predicted molar refractivity (Wildman–Crippen MR) is 138 cm³/mol. The lowest BCUT2D eigenvalue weighted by molar-refractivity contribution is 0.00816. The lowest BCUT2D eigenvalue weighted by Crippen LogP contribution is -2.36. The van der Waals surface area contributed by atoms with Gasteiger partial charge >= 0.3 is 5.97 Å². The first kappa shape index (κ1) is 26.8. The fraction of sp³-hybridized carbons (Fsp3) is 0.500. The number of nitrogens with zero attached hydrogens (tertiary/aromatic N) is 1. The van der Waals surface area contributed by atoms with E-state index in [1.165, 1.54) is 0 Å². The molecule has 0 fully saturated rings. The highest BCUT2D eigenvalue weighted by atomic mass is 35.5. The molecule has 2 aromatic rings. The van der Waals surface area contributed by atoms with Crippen LogP contribution in [0.5, 0.6) is 34.5 Å². The minimum Gasteiger partial charge on any atom is -0.492 e. The molecular formula is C26H33ClN2O8. The molecule has 0 spiro atoms. The molecule has 0 saturated heterocycles. The van der Waals surface area contributed by atoms with Crippen molar-refractivity contribution < 1.29 is 38.0 Å². The summed E-state index contributed by atoms with van der Waals surface area (Å²) >= 11 is 0. The van der Waals surface area contributed by atoms with Crippen LogP contribution >= 0.6 is 12.4 Å². The third-order valence-corrected chi connectivity index (χ3v) is 6.77. The number of likely N-dealkylation sites (N-methyl/N-ethyl adjacent to an activating group) is 1. The maximum atomic E-state index is 13.3. The molecule has 0 amide bonds. The number of hydrogen-bond donors (Lipinski definition) is 1. The molecule has 2 unspecified atom stereocenters. The lowest BCUT2D eigenvalue weighted by Gasteiger charge is -2.38. The van der Waals surface area contributed by atoms with Gasteiger partial charge in [-0.25, -0.2) is 4.79 Å². The van der Waals surface area contributed by atoms with Crippen LogP contribution in [0.25, 0.3) is 0 Å². The van der Waals surface area contributed by atoms with E-state index in [4.69, 9.17) is 38.9 Å². The molecule has 0 radical (unpaired) electrons. The third-order valence-electron chi connectivity index (χ3n) is 6.77. The molecule has 2 atom stereocenters. The van der Waals surface area contributed by atoms with Crippen LogP contribution in [0, 0.1) is 0 Å². The Labute approximate surface area is 222 Å². The molecule has 3 heterocycles. The second-order valence-corrected chi connectivity index (χ2v) is 8.71. The van der Waals surface area contributed by atoms with Gasteiger partial charge in [-0.15, -0.1) is 12.4 Å². The molecule has 3 aliphatic rings. The summed E-state index contributed by atoms with van der Waals surface area (Å²) in [7, 11) is 3.59. The van der Waals surface area contributed by atoms with Gasteiger partial charge in [0.15, 0.2) is 29.1 Å². The number of rotatable bonds is 8. The molecule has 5 rings (SSSR count). The van der Waals surface area contributed by atoms with E-state index in [0.29, 0.717) is 54.1 Å². The first-order valence-electron chi connectivity index (χ1n) is 12.2. The minimum atomic E-state index is -0.732. The lowest BCUT2D eigenvalue weighted by atomic mass is 9.85. The molecule has 2 N–H and O–H groups in total. The van der Waals surface area contributed by atoms with Crippen LogP contribution < -0.4 is 34.2 Å². The van der Waals surface area contributed by atoms with Gasteiger partial charge in [-0.1, -0.05) is 0 Å². The number of cyclic esters (lactones) is 1. The molecule has 3 aliphatic heterocycles. The molecule has 202 valence electrons. The molecule has 10 nitrogen and oxygen atoms in total. The average molecular weight is 537 g/mol. The Kier molecular flexibility index (Phi) is 7.70. The average Bonchev–Trinajstić information content (AvgIpc) is 3.46. The Morgan fingerprint density at radius 3 is 2.35 bits per heavy atom. The van der Waals surface area contributed by atoms with E-state index in [2.05, 4.69) is 4.90 Å². The van der Waals surface area contributed by atoms with Gasteiger partial charge in [-0.3, -0.25) is 4.90 Å². The number of nitrogens with two attached hydrogens (primary N) is 1. The van der Waals surface area contributed by atoms with E-state index < -0.39 is 18.1 Å². The number of halogens is 1. The van der Waals surface area contributed by atoms with Gasteiger partial charge in [0, 0.05) is 12.1 Å². The van der Waals surface area contributed by atoms with Crippen molar-refractivity contribution in [3.8, 4) is 34.5 Å². The molecule has 0 saturated carbocycles. The number of ether oxygens (including phenoxy) is 7. The van der Waals surface area contributed by atoms with Crippen LogP contribution in [-0.2, 0) is 11.2 Å². The Morgan fingerprint density at radius 2 is 1.68 bits per heavy atom. The number of nitrogen functional groups attached to an aromatic ring is 1. The quantitative estimate of drug-likeness (QED) is 0.391. The highest BCUT2D eigenvalue weighted by molar-refractivity contribution is 6.03. The highest BCUT2D eigenvalue weighted by Crippen LogP contribution is 2.59. The Balaban J connectivity index is 0.00000320. The van der Waals surface area contributed by atoms with E-state index in [0.717, 1.165) is 24.1 Å². The zero-order valence-electron chi connectivity index (χ0n) is 21.7. The summed E-state index contributed by atoms with van der Waals surface area (Å²) in [5.41, 5.74) is 9.43. The van der Waals surface area contributed by atoms with Gasteiger partial charge in [0.05, 0.1) is 49.8 Å². The fourth-order valence-corrected chi connectivity index (χ4v) is 5.37. The number of benzene rings is 2. The topological polar surface area (TPSA) is 111 Å². The summed E-state index contributed by atoms with van der Waals surface area (Å²) in [6.45, 7) is 7.50. The van der Waals surface area contributed by atoms with Crippen molar-refractivity contribution >= 4 is 24.1 Å². The van der Waals surface area contributed by atoms with Gasteiger partial charge in [0.1, 0.15) is 0 Å². The van der Waals surface area contributed by atoms with Crippen molar-refractivity contribution in [2.75, 3.05) is 53.0 Å². The maximum absolute atomic E-state index is 13.3. The number of hydrogen-bond acceptors (Lipinski definition) is 10. The number of carbonyl (C=O) groups is 1. The van der Waals surface area contributed by atoms with Gasteiger partial charge in [0.25, 0.3) is 0 Å². The van der Waals surface area contributed by atoms with Crippen molar-refractivity contribution in [2.24, 2.45) is 0 Å².